The van der Waals surface area contributed by atoms with Crippen LogP contribution in [0.5, 0.6) is 11.5 Å². The standard InChI is InChI=1S/C20H23NO4.ClH/c1-13-6-5-7-15(10-13)19(24)25-18-9-8-14(11-16(18)22)17(23)12-21-20(2,3)4;/h5-11,21-22H,12H2,1-4H3;1H. The monoisotopic (exact) mass is 377 g/mol. The van der Waals surface area contributed by atoms with Gasteiger partial charge in [-0.05, 0) is 58.0 Å². The van der Waals surface area contributed by atoms with Crippen molar-refractivity contribution in [2.75, 3.05) is 6.54 Å². The molecule has 0 atom stereocenters. The van der Waals surface area contributed by atoms with Gasteiger partial charge in [0.15, 0.2) is 17.3 Å². The Balaban J connectivity index is 0.00000338. The number of nitrogens with one attached hydrogen (secondary N) is 1. The lowest BCUT2D eigenvalue weighted by molar-refractivity contribution is 0.0729. The second-order valence-electron chi connectivity index (χ2n) is 6.97. The third-order valence-corrected chi connectivity index (χ3v) is 3.52. The van der Waals surface area contributed by atoms with Gasteiger partial charge in [-0.15, -0.1) is 12.4 Å². The predicted octanol–water partition coefficient (Wildman–Crippen LogP) is 3.91. The highest BCUT2D eigenvalue weighted by molar-refractivity contribution is 5.98. The van der Waals surface area contributed by atoms with E-state index in [0.717, 1.165) is 5.56 Å². The molecule has 0 heterocycles. The molecule has 2 aromatic carbocycles. The molecule has 0 radical (unpaired) electrons. The lowest BCUT2D eigenvalue weighted by Gasteiger charge is -2.19. The number of benzene rings is 2. The summed E-state index contributed by atoms with van der Waals surface area (Å²) >= 11 is 0. The number of hydrogen-bond donors (Lipinski definition) is 2. The summed E-state index contributed by atoms with van der Waals surface area (Å²) in [6, 6.07) is 11.2. The second-order valence-corrected chi connectivity index (χ2v) is 6.97. The van der Waals surface area contributed by atoms with Gasteiger partial charge in [-0.25, -0.2) is 4.79 Å². The van der Waals surface area contributed by atoms with E-state index in [1.165, 1.54) is 18.2 Å². The number of aromatic hydroxyl groups is 1. The molecule has 0 fully saturated rings. The van der Waals surface area contributed by atoms with Gasteiger partial charge >= 0.3 is 5.97 Å². The van der Waals surface area contributed by atoms with E-state index in [4.69, 9.17) is 4.74 Å². The van der Waals surface area contributed by atoms with Crippen LogP contribution in [0.3, 0.4) is 0 Å². The Labute approximate surface area is 159 Å². The number of Topliss-reactive ketones (excluding diaryl/α,β-unsaturated/α-hetero) is 1. The van der Waals surface area contributed by atoms with Crippen molar-refractivity contribution in [3.8, 4) is 11.5 Å². The van der Waals surface area contributed by atoms with Crippen LogP contribution in [0.15, 0.2) is 42.5 Å². The van der Waals surface area contributed by atoms with Crippen molar-refractivity contribution in [1.82, 2.24) is 5.32 Å². The smallest absolute Gasteiger partial charge is 0.343 e. The molecule has 0 aliphatic carbocycles. The Hall–Kier alpha value is -2.37. The maximum atomic E-state index is 12.2. The highest BCUT2D eigenvalue weighted by Crippen LogP contribution is 2.28. The van der Waals surface area contributed by atoms with Gasteiger partial charge in [0.1, 0.15) is 0 Å². The maximum absolute atomic E-state index is 12.2. The number of phenols is 1. The molecule has 0 saturated carbocycles. The van der Waals surface area contributed by atoms with Crippen molar-refractivity contribution < 1.29 is 19.4 Å². The van der Waals surface area contributed by atoms with Crippen molar-refractivity contribution in [3.05, 3.63) is 59.2 Å². The van der Waals surface area contributed by atoms with E-state index in [2.05, 4.69) is 5.32 Å². The van der Waals surface area contributed by atoms with Crippen LogP contribution in [-0.4, -0.2) is 28.9 Å². The molecule has 0 spiro atoms. The maximum Gasteiger partial charge on any atom is 0.343 e. The van der Waals surface area contributed by atoms with Crippen LogP contribution in [0.1, 0.15) is 47.1 Å². The van der Waals surface area contributed by atoms with Crippen LogP contribution < -0.4 is 10.1 Å². The van der Waals surface area contributed by atoms with Gasteiger partial charge in [0.05, 0.1) is 12.1 Å². The number of carbonyl (C=O) groups is 2. The molecule has 6 heteroatoms. The summed E-state index contributed by atoms with van der Waals surface area (Å²) in [5.41, 5.74) is 1.51. The largest absolute Gasteiger partial charge is 0.504 e. The third-order valence-electron chi connectivity index (χ3n) is 3.52. The van der Waals surface area contributed by atoms with Crippen molar-refractivity contribution in [2.45, 2.75) is 33.2 Å². The van der Waals surface area contributed by atoms with E-state index in [0.29, 0.717) is 11.1 Å². The SMILES string of the molecule is Cc1cccc(C(=O)Oc2ccc(C(=O)CNC(C)(C)C)cc2O)c1.Cl. The highest BCUT2D eigenvalue weighted by atomic mass is 35.5. The fraction of sp³-hybridized carbons (Fsp3) is 0.300. The van der Waals surface area contributed by atoms with E-state index in [-0.39, 0.29) is 41.8 Å². The van der Waals surface area contributed by atoms with Crippen LogP contribution in [0, 0.1) is 6.92 Å². The number of carbonyl (C=O) groups excluding carboxylic acids is 2. The normalized spacial score (nSPS) is 10.8. The molecule has 0 aliphatic rings. The Bertz CT molecular complexity index is 797. The van der Waals surface area contributed by atoms with Gasteiger partial charge in [-0.1, -0.05) is 17.7 Å². The molecule has 0 amide bonds. The van der Waals surface area contributed by atoms with Crippen LogP contribution in [-0.2, 0) is 0 Å². The Morgan fingerprint density at radius 1 is 1.08 bits per heavy atom. The first-order valence-corrected chi connectivity index (χ1v) is 8.06. The molecule has 140 valence electrons. The number of ketones is 1. The summed E-state index contributed by atoms with van der Waals surface area (Å²) in [4.78, 5) is 24.3. The molecule has 0 bridgehead atoms. The van der Waals surface area contributed by atoms with Crippen molar-refractivity contribution >= 4 is 24.2 Å². The molecule has 0 unspecified atom stereocenters. The van der Waals surface area contributed by atoms with Crippen molar-refractivity contribution in [3.63, 3.8) is 0 Å². The molecular weight excluding hydrogens is 354 g/mol. The molecule has 5 nitrogen and oxygen atoms in total. The fourth-order valence-electron chi connectivity index (χ4n) is 2.16. The second kappa shape index (κ2) is 8.83. The van der Waals surface area contributed by atoms with Gasteiger partial charge in [0.25, 0.3) is 0 Å². The van der Waals surface area contributed by atoms with Crippen LogP contribution in [0.4, 0.5) is 0 Å². The van der Waals surface area contributed by atoms with Gasteiger partial charge in [-0.3, -0.25) is 4.79 Å². The number of hydrogen-bond acceptors (Lipinski definition) is 5. The highest BCUT2D eigenvalue weighted by Gasteiger charge is 2.16. The third kappa shape index (κ3) is 6.17. The number of rotatable bonds is 5. The first kappa shape index (κ1) is 21.7. The summed E-state index contributed by atoms with van der Waals surface area (Å²) in [6.45, 7) is 7.93. The minimum atomic E-state index is -0.563. The van der Waals surface area contributed by atoms with Gasteiger partial charge in [0, 0.05) is 11.1 Å². The average Bonchev–Trinajstić information content (AvgIpc) is 2.53. The van der Waals surface area contributed by atoms with Gasteiger partial charge in [-0.2, -0.15) is 0 Å². The minimum Gasteiger partial charge on any atom is -0.504 e. The summed E-state index contributed by atoms with van der Waals surface area (Å²) in [7, 11) is 0. The van der Waals surface area contributed by atoms with Crippen molar-refractivity contribution in [1.29, 1.82) is 0 Å². The van der Waals surface area contributed by atoms with E-state index in [9.17, 15) is 14.7 Å². The average molecular weight is 378 g/mol. The van der Waals surface area contributed by atoms with Crippen LogP contribution >= 0.6 is 12.4 Å². The summed E-state index contributed by atoms with van der Waals surface area (Å²) < 4.78 is 5.22. The van der Waals surface area contributed by atoms with E-state index >= 15 is 0 Å². The Morgan fingerprint density at radius 3 is 2.35 bits per heavy atom. The topological polar surface area (TPSA) is 75.6 Å². The minimum absolute atomic E-state index is 0. The van der Waals surface area contributed by atoms with Crippen LogP contribution in [0.2, 0.25) is 0 Å². The number of esters is 1. The lowest BCUT2D eigenvalue weighted by atomic mass is 10.1. The molecule has 2 aromatic rings. The zero-order valence-electron chi connectivity index (χ0n) is 15.3. The number of halogens is 1. The molecule has 0 aromatic heterocycles. The molecular formula is C20H24ClNO4. The number of phenolic OH excluding ortho intramolecular Hbond substituents is 1. The van der Waals surface area contributed by atoms with Gasteiger partial charge in [0.2, 0.25) is 0 Å². The van der Waals surface area contributed by atoms with Crippen molar-refractivity contribution in [2.24, 2.45) is 0 Å². The van der Waals surface area contributed by atoms with Crippen LogP contribution in [0.25, 0.3) is 0 Å². The predicted molar refractivity (Wildman–Crippen MR) is 104 cm³/mol. The van der Waals surface area contributed by atoms with E-state index < -0.39 is 5.97 Å². The number of aryl methyl sites for hydroxylation is 1. The molecule has 2 rings (SSSR count). The van der Waals surface area contributed by atoms with E-state index in [1.54, 1.807) is 18.2 Å². The molecule has 0 saturated heterocycles. The Kier molecular flexibility index (Phi) is 7.36. The van der Waals surface area contributed by atoms with E-state index in [1.807, 2.05) is 33.8 Å². The summed E-state index contributed by atoms with van der Waals surface area (Å²) in [6.07, 6.45) is 0. The quantitative estimate of drug-likeness (QED) is 0.469. The van der Waals surface area contributed by atoms with Gasteiger partial charge < -0.3 is 15.2 Å². The zero-order chi connectivity index (χ0) is 18.6. The zero-order valence-corrected chi connectivity index (χ0v) is 16.1. The first-order valence-electron chi connectivity index (χ1n) is 8.06. The number of ether oxygens (including phenoxy) is 1. The lowest BCUT2D eigenvalue weighted by Crippen LogP contribution is -2.39. The first-order chi connectivity index (χ1) is 11.7. The fourth-order valence-corrected chi connectivity index (χ4v) is 2.16. The summed E-state index contributed by atoms with van der Waals surface area (Å²) in [5.74, 6) is -0.941. The summed E-state index contributed by atoms with van der Waals surface area (Å²) in [5, 5.41) is 13.2. The molecule has 0 aliphatic heterocycles. The molecule has 26 heavy (non-hydrogen) atoms. The Morgan fingerprint density at radius 2 is 1.77 bits per heavy atom. The molecule has 2 N–H and O–H groups in total.